The average Bonchev–Trinajstić information content (AvgIpc) is 2.59. The normalized spacial score (nSPS) is 15.6. The summed E-state index contributed by atoms with van der Waals surface area (Å²) in [5.41, 5.74) is 5.83. The molecule has 0 amide bonds. The van der Waals surface area contributed by atoms with Crippen LogP contribution in [0.2, 0.25) is 0 Å². The van der Waals surface area contributed by atoms with Gasteiger partial charge in [0, 0.05) is 20.8 Å². The molecule has 0 saturated heterocycles. The summed E-state index contributed by atoms with van der Waals surface area (Å²) >= 11 is 5.30. The van der Waals surface area contributed by atoms with Crippen LogP contribution in [-0.2, 0) is 0 Å². The fourth-order valence-corrected chi connectivity index (χ4v) is 3.64. The van der Waals surface area contributed by atoms with Crippen molar-refractivity contribution in [1.29, 1.82) is 0 Å². The van der Waals surface area contributed by atoms with Crippen LogP contribution in [-0.4, -0.2) is 25.5 Å². The van der Waals surface area contributed by atoms with E-state index in [-0.39, 0.29) is 0 Å². The molecule has 0 aliphatic rings. The van der Waals surface area contributed by atoms with Crippen molar-refractivity contribution in [3.8, 4) is 0 Å². The molecule has 0 bridgehead atoms. The molecule has 0 aliphatic heterocycles. The van der Waals surface area contributed by atoms with E-state index in [1.54, 1.807) is 11.3 Å². The predicted octanol–water partition coefficient (Wildman–Crippen LogP) is 3.10. The minimum atomic E-state index is 0.441. The molecule has 2 nitrogen and oxygen atoms in total. The Labute approximate surface area is 105 Å². The minimum absolute atomic E-state index is 0.441. The molecule has 0 aromatic carbocycles. The summed E-state index contributed by atoms with van der Waals surface area (Å²) in [6.45, 7) is 2.95. The highest BCUT2D eigenvalue weighted by molar-refractivity contribution is 9.10. The Morgan fingerprint density at radius 2 is 2.20 bits per heavy atom. The van der Waals surface area contributed by atoms with Gasteiger partial charge in [-0.2, -0.15) is 0 Å². The van der Waals surface area contributed by atoms with Gasteiger partial charge in [0.2, 0.25) is 0 Å². The second kappa shape index (κ2) is 5.99. The standard InChI is InChI=1S/C11H19BrN2S/c1-4-8(6-13)11(14(2)3)10-5-9(12)7-15-10/h5,7-8,11H,4,6,13H2,1-3H3. The smallest absolute Gasteiger partial charge is 0.0475 e. The van der Waals surface area contributed by atoms with Crippen molar-refractivity contribution in [2.75, 3.05) is 20.6 Å². The zero-order chi connectivity index (χ0) is 11.4. The van der Waals surface area contributed by atoms with Crippen molar-refractivity contribution >= 4 is 27.3 Å². The van der Waals surface area contributed by atoms with E-state index in [0.29, 0.717) is 12.0 Å². The van der Waals surface area contributed by atoms with Crippen LogP contribution in [0.25, 0.3) is 0 Å². The SMILES string of the molecule is CCC(CN)C(c1cc(Br)cs1)N(C)C. The van der Waals surface area contributed by atoms with E-state index in [2.05, 4.69) is 53.3 Å². The number of halogens is 1. The van der Waals surface area contributed by atoms with Gasteiger partial charge in [0.1, 0.15) is 0 Å². The number of nitrogens with zero attached hydrogens (tertiary/aromatic N) is 1. The molecule has 0 spiro atoms. The second-order valence-corrected chi connectivity index (χ2v) is 5.84. The summed E-state index contributed by atoms with van der Waals surface area (Å²) < 4.78 is 1.17. The first-order chi connectivity index (χ1) is 7.10. The van der Waals surface area contributed by atoms with Gasteiger partial charge in [-0.25, -0.2) is 0 Å². The predicted molar refractivity (Wildman–Crippen MR) is 71.3 cm³/mol. The van der Waals surface area contributed by atoms with Gasteiger partial charge in [-0.1, -0.05) is 13.3 Å². The number of nitrogens with two attached hydrogens (primary N) is 1. The molecule has 2 atom stereocenters. The molecule has 2 unspecified atom stereocenters. The minimum Gasteiger partial charge on any atom is -0.330 e. The van der Waals surface area contributed by atoms with E-state index >= 15 is 0 Å². The van der Waals surface area contributed by atoms with Gasteiger partial charge in [0.25, 0.3) is 0 Å². The highest BCUT2D eigenvalue weighted by atomic mass is 79.9. The lowest BCUT2D eigenvalue weighted by atomic mass is 9.95. The fourth-order valence-electron chi connectivity index (χ4n) is 1.91. The molecular weight excluding hydrogens is 272 g/mol. The number of hydrogen-bond donors (Lipinski definition) is 1. The van der Waals surface area contributed by atoms with Gasteiger partial charge in [0.05, 0.1) is 0 Å². The Bertz CT molecular complexity index is 295. The quantitative estimate of drug-likeness (QED) is 0.903. The summed E-state index contributed by atoms with van der Waals surface area (Å²) in [6.07, 6.45) is 1.12. The van der Waals surface area contributed by atoms with Crippen LogP contribution in [0, 0.1) is 5.92 Å². The summed E-state index contributed by atoms with van der Waals surface area (Å²) in [4.78, 5) is 3.66. The first-order valence-corrected chi connectivity index (χ1v) is 6.87. The maximum atomic E-state index is 5.83. The van der Waals surface area contributed by atoms with Gasteiger partial charge >= 0.3 is 0 Å². The van der Waals surface area contributed by atoms with E-state index in [4.69, 9.17) is 5.73 Å². The molecule has 1 rings (SSSR count). The Morgan fingerprint density at radius 3 is 2.53 bits per heavy atom. The molecule has 1 heterocycles. The summed E-state index contributed by atoms with van der Waals surface area (Å²) in [5.74, 6) is 0.533. The summed E-state index contributed by atoms with van der Waals surface area (Å²) in [7, 11) is 4.24. The Kier molecular flexibility index (Phi) is 5.26. The second-order valence-electron chi connectivity index (χ2n) is 3.98. The first kappa shape index (κ1) is 13.2. The molecule has 4 heteroatoms. The van der Waals surface area contributed by atoms with E-state index in [1.165, 1.54) is 9.35 Å². The van der Waals surface area contributed by atoms with Crippen LogP contribution in [0.5, 0.6) is 0 Å². The number of hydrogen-bond acceptors (Lipinski definition) is 3. The van der Waals surface area contributed by atoms with Crippen molar-refractivity contribution < 1.29 is 0 Å². The van der Waals surface area contributed by atoms with E-state index < -0.39 is 0 Å². The Morgan fingerprint density at radius 1 is 1.53 bits per heavy atom. The lowest BCUT2D eigenvalue weighted by molar-refractivity contribution is 0.214. The molecular formula is C11H19BrN2S. The zero-order valence-electron chi connectivity index (χ0n) is 9.53. The summed E-state index contributed by atoms with van der Waals surface area (Å²) in [5, 5.41) is 2.13. The van der Waals surface area contributed by atoms with Gasteiger partial charge in [-0.15, -0.1) is 11.3 Å². The van der Waals surface area contributed by atoms with Gasteiger partial charge < -0.3 is 10.6 Å². The maximum Gasteiger partial charge on any atom is 0.0475 e. The van der Waals surface area contributed by atoms with Crippen molar-refractivity contribution in [1.82, 2.24) is 4.90 Å². The zero-order valence-corrected chi connectivity index (χ0v) is 11.9. The molecule has 0 saturated carbocycles. The number of thiophene rings is 1. The van der Waals surface area contributed by atoms with Crippen LogP contribution in [0.1, 0.15) is 24.3 Å². The highest BCUT2D eigenvalue weighted by Crippen LogP contribution is 2.34. The summed E-state index contributed by atoms with van der Waals surface area (Å²) in [6, 6.07) is 2.64. The van der Waals surface area contributed by atoms with Crippen molar-refractivity contribution in [2.24, 2.45) is 11.7 Å². The molecule has 15 heavy (non-hydrogen) atoms. The molecule has 2 N–H and O–H groups in total. The Hall–Kier alpha value is 0.1000. The molecule has 1 aromatic heterocycles. The van der Waals surface area contributed by atoms with Crippen LogP contribution in [0.3, 0.4) is 0 Å². The third-order valence-corrected chi connectivity index (χ3v) is 4.47. The topological polar surface area (TPSA) is 29.3 Å². The van der Waals surface area contributed by atoms with Crippen molar-refractivity contribution in [3.63, 3.8) is 0 Å². The van der Waals surface area contributed by atoms with Crippen LogP contribution < -0.4 is 5.73 Å². The van der Waals surface area contributed by atoms with Gasteiger partial charge in [-0.3, -0.25) is 0 Å². The molecule has 0 fully saturated rings. The van der Waals surface area contributed by atoms with Gasteiger partial charge in [0.15, 0.2) is 0 Å². The fraction of sp³-hybridized carbons (Fsp3) is 0.636. The maximum absolute atomic E-state index is 5.83. The van der Waals surface area contributed by atoms with Crippen LogP contribution >= 0.6 is 27.3 Å². The monoisotopic (exact) mass is 290 g/mol. The highest BCUT2D eigenvalue weighted by Gasteiger charge is 2.23. The number of rotatable bonds is 5. The van der Waals surface area contributed by atoms with Gasteiger partial charge in [-0.05, 0) is 48.6 Å². The molecule has 0 aliphatic carbocycles. The van der Waals surface area contributed by atoms with E-state index in [0.717, 1.165) is 13.0 Å². The van der Waals surface area contributed by atoms with Crippen LogP contribution in [0.4, 0.5) is 0 Å². The van der Waals surface area contributed by atoms with Crippen LogP contribution in [0.15, 0.2) is 15.9 Å². The molecule has 86 valence electrons. The largest absolute Gasteiger partial charge is 0.330 e. The Balaban J connectivity index is 2.91. The first-order valence-electron chi connectivity index (χ1n) is 5.20. The molecule has 1 aromatic rings. The lowest BCUT2D eigenvalue weighted by Crippen LogP contribution is -2.31. The average molecular weight is 291 g/mol. The lowest BCUT2D eigenvalue weighted by Gasteiger charge is -2.30. The third-order valence-electron chi connectivity index (χ3n) is 2.71. The third kappa shape index (κ3) is 3.28. The van der Waals surface area contributed by atoms with Crippen molar-refractivity contribution in [2.45, 2.75) is 19.4 Å². The van der Waals surface area contributed by atoms with Crippen molar-refractivity contribution in [3.05, 3.63) is 20.8 Å². The van der Waals surface area contributed by atoms with E-state index in [1.807, 2.05) is 0 Å². The molecule has 0 radical (unpaired) electrons. The van der Waals surface area contributed by atoms with E-state index in [9.17, 15) is 0 Å².